The zero-order chi connectivity index (χ0) is 12.3. The van der Waals surface area contributed by atoms with Gasteiger partial charge in [0.2, 0.25) is 0 Å². The summed E-state index contributed by atoms with van der Waals surface area (Å²) in [6, 6.07) is 7.96. The number of aromatic nitrogens is 1. The number of rotatable bonds is 4. The van der Waals surface area contributed by atoms with Gasteiger partial charge in [0, 0.05) is 24.7 Å². The minimum absolute atomic E-state index is 0.795. The van der Waals surface area contributed by atoms with E-state index in [1.165, 1.54) is 0 Å². The minimum atomic E-state index is 0.795. The molecule has 0 amide bonds. The normalized spacial score (nSPS) is 10.5. The quantitative estimate of drug-likeness (QED) is 0.845. The Hall–Kier alpha value is -1.55. The summed E-state index contributed by atoms with van der Waals surface area (Å²) in [5, 5.41) is 3.16. The highest BCUT2D eigenvalue weighted by Crippen LogP contribution is 2.22. The predicted molar refractivity (Wildman–Crippen MR) is 74.5 cm³/mol. The summed E-state index contributed by atoms with van der Waals surface area (Å²) in [5.41, 5.74) is 9.07. The molecular formula is C13H17N3S. The van der Waals surface area contributed by atoms with Crippen molar-refractivity contribution >= 4 is 22.2 Å². The van der Waals surface area contributed by atoms with E-state index in [0.717, 1.165) is 35.0 Å². The molecule has 1 aromatic carbocycles. The van der Waals surface area contributed by atoms with Crippen LogP contribution in [0.15, 0.2) is 29.6 Å². The third-order valence-corrected chi connectivity index (χ3v) is 3.69. The van der Waals surface area contributed by atoms with E-state index < -0.39 is 0 Å². The molecule has 0 fully saturated rings. The molecule has 1 aromatic heterocycles. The third-order valence-electron chi connectivity index (χ3n) is 2.69. The molecule has 0 spiro atoms. The molecule has 0 unspecified atom stereocenters. The van der Waals surface area contributed by atoms with Crippen molar-refractivity contribution in [3.05, 3.63) is 40.9 Å². The number of para-hydroxylation sites is 1. The molecule has 17 heavy (non-hydrogen) atoms. The molecule has 2 N–H and O–H groups in total. The fraction of sp³-hybridized carbons (Fsp3) is 0.308. The summed E-state index contributed by atoms with van der Waals surface area (Å²) in [4.78, 5) is 6.69. The van der Waals surface area contributed by atoms with Crippen molar-refractivity contribution in [3.8, 4) is 0 Å². The number of aryl methyl sites for hydroxylation is 1. The molecule has 0 aliphatic heterocycles. The molecule has 2 rings (SSSR count). The van der Waals surface area contributed by atoms with Crippen molar-refractivity contribution in [1.29, 1.82) is 0 Å². The molecule has 0 radical (unpaired) electrons. The number of nitrogen functional groups attached to an aromatic ring is 1. The minimum Gasteiger partial charge on any atom is -0.398 e. The Morgan fingerprint density at radius 3 is 2.76 bits per heavy atom. The van der Waals surface area contributed by atoms with Crippen LogP contribution in [0.2, 0.25) is 0 Å². The Morgan fingerprint density at radius 1 is 1.35 bits per heavy atom. The van der Waals surface area contributed by atoms with Gasteiger partial charge in [0.15, 0.2) is 5.13 Å². The van der Waals surface area contributed by atoms with Gasteiger partial charge in [-0.3, -0.25) is 0 Å². The average molecular weight is 247 g/mol. The number of benzene rings is 1. The van der Waals surface area contributed by atoms with Crippen LogP contribution in [0.3, 0.4) is 0 Å². The van der Waals surface area contributed by atoms with Gasteiger partial charge in [-0.05, 0) is 18.1 Å². The molecule has 0 saturated carbocycles. The standard InChI is InChI=1S/C13H17N3S/c1-3-11-9-17-13(15-11)16(2)8-10-6-4-5-7-12(10)14/h4-7,9H,3,8,14H2,1-2H3. The number of nitrogens with two attached hydrogens (primary N) is 1. The van der Waals surface area contributed by atoms with Crippen LogP contribution in [0, 0.1) is 0 Å². The lowest BCUT2D eigenvalue weighted by atomic mass is 10.2. The molecule has 4 heteroatoms. The Bertz CT molecular complexity index is 493. The fourth-order valence-electron chi connectivity index (χ4n) is 1.64. The monoisotopic (exact) mass is 247 g/mol. The zero-order valence-electron chi connectivity index (χ0n) is 10.2. The predicted octanol–water partition coefficient (Wildman–Crippen LogP) is 2.92. The molecule has 0 atom stereocenters. The van der Waals surface area contributed by atoms with Gasteiger partial charge in [0.25, 0.3) is 0 Å². The maximum Gasteiger partial charge on any atom is 0.185 e. The van der Waals surface area contributed by atoms with E-state index in [4.69, 9.17) is 5.73 Å². The number of nitrogens with zero attached hydrogens (tertiary/aromatic N) is 2. The largest absolute Gasteiger partial charge is 0.398 e. The van der Waals surface area contributed by atoms with Gasteiger partial charge in [-0.2, -0.15) is 0 Å². The van der Waals surface area contributed by atoms with Crippen LogP contribution >= 0.6 is 11.3 Å². The molecule has 2 aromatic rings. The smallest absolute Gasteiger partial charge is 0.185 e. The third kappa shape index (κ3) is 2.77. The second kappa shape index (κ2) is 5.19. The Kier molecular flexibility index (Phi) is 3.64. The van der Waals surface area contributed by atoms with E-state index in [-0.39, 0.29) is 0 Å². The van der Waals surface area contributed by atoms with Crippen molar-refractivity contribution in [1.82, 2.24) is 4.98 Å². The van der Waals surface area contributed by atoms with Crippen LogP contribution in [0.5, 0.6) is 0 Å². The fourth-order valence-corrected chi connectivity index (χ4v) is 2.51. The van der Waals surface area contributed by atoms with Gasteiger partial charge in [-0.1, -0.05) is 25.1 Å². The van der Waals surface area contributed by atoms with Crippen molar-refractivity contribution in [2.45, 2.75) is 19.9 Å². The first-order valence-corrected chi connectivity index (χ1v) is 6.57. The van der Waals surface area contributed by atoms with Gasteiger partial charge >= 0.3 is 0 Å². The summed E-state index contributed by atoms with van der Waals surface area (Å²) in [7, 11) is 2.05. The van der Waals surface area contributed by atoms with Crippen LogP contribution in [0.4, 0.5) is 10.8 Å². The van der Waals surface area contributed by atoms with Crippen molar-refractivity contribution in [2.24, 2.45) is 0 Å². The van der Waals surface area contributed by atoms with E-state index in [2.05, 4.69) is 28.3 Å². The molecule has 0 aliphatic rings. The summed E-state index contributed by atoms with van der Waals surface area (Å²) >= 11 is 1.68. The van der Waals surface area contributed by atoms with Gasteiger partial charge in [0.05, 0.1) is 5.69 Å². The summed E-state index contributed by atoms with van der Waals surface area (Å²) < 4.78 is 0. The molecule has 0 saturated heterocycles. The zero-order valence-corrected chi connectivity index (χ0v) is 11.0. The molecule has 3 nitrogen and oxygen atoms in total. The van der Waals surface area contributed by atoms with Gasteiger partial charge in [-0.15, -0.1) is 11.3 Å². The number of hydrogen-bond acceptors (Lipinski definition) is 4. The lowest BCUT2D eigenvalue weighted by molar-refractivity contribution is 0.906. The Labute approximate surface area is 106 Å². The van der Waals surface area contributed by atoms with Gasteiger partial charge in [-0.25, -0.2) is 4.98 Å². The van der Waals surface area contributed by atoms with Crippen molar-refractivity contribution < 1.29 is 0 Å². The van der Waals surface area contributed by atoms with E-state index >= 15 is 0 Å². The molecule has 90 valence electrons. The van der Waals surface area contributed by atoms with Crippen LogP contribution < -0.4 is 10.6 Å². The topological polar surface area (TPSA) is 42.1 Å². The molecule has 1 heterocycles. The Morgan fingerprint density at radius 2 is 2.12 bits per heavy atom. The SMILES string of the molecule is CCc1csc(N(C)Cc2ccccc2N)n1. The highest BCUT2D eigenvalue weighted by Gasteiger charge is 2.08. The van der Waals surface area contributed by atoms with E-state index in [1.807, 2.05) is 25.2 Å². The van der Waals surface area contributed by atoms with E-state index in [9.17, 15) is 0 Å². The van der Waals surface area contributed by atoms with Crippen molar-refractivity contribution in [3.63, 3.8) is 0 Å². The number of hydrogen-bond donors (Lipinski definition) is 1. The van der Waals surface area contributed by atoms with E-state index in [0.29, 0.717) is 0 Å². The summed E-state index contributed by atoms with van der Waals surface area (Å²) in [6.45, 7) is 2.91. The van der Waals surface area contributed by atoms with Crippen LogP contribution in [0.1, 0.15) is 18.2 Å². The maximum atomic E-state index is 5.93. The lowest BCUT2D eigenvalue weighted by Gasteiger charge is -2.16. The van der Waals surface area contributed by atoms with Crippen LogP contribution in [-0.2, 0) is 13.0 Å². The second-order valence-corrected chi connectivity index (χ2v) is 4.87. The summed E-state index contributed by atoms with van der Waals surface area (Å²) in [5.74, 6) is 0. The first-order valence-electron chi connectivity index (χ1n) is 5.69. The second-order valence-electron chi connectivity index (χ2n) is 4.03. The number of anilines is 2. The van der Waals surface area contributed by atoms with Crippen molar-refractivity contribution in [2.75, 3.05) is 17.7 Å². The number of thiazole rings is 1. The van der Waals surface area contributed by atoms with Gasteiger partial charge in [0.1, 0.15) is 0 Å². The molecular weight excluding hydrogens is 230 g/mol. The van der Waals surface area contributed by atoms with Crippen LogP contribution in [0.25, 0.3) is 0 Å². The highest BCUT2D eigenvalue weighted by atomic mass is 32.1. The first-order chi connectivity index (χ1) is 8.20. The Balaban J connectivity index is 2.11. The molecule has 0 aliphatic carbocycles. The van der Waals surface area contributed by atoms with E-state index in [1.54, 1.807) is 11.3 Å². The lowest BCUT2D eigenvalue weighted by Crippen LogP contribution is -2.17. The van der Waals surface area contributed by atoms with Gasteiger partial charge < -0.3 is 10.6 Å². The highest BCUT2D eigenvalue weighted by molar-refractivity contribution is 7.13. The van der Waals surface area contributed by atoms with Crippen LogP contribution in [-0.4, -0.2) is 12.0 Å². The average Bonchev–Trinajstić information content (AvgIpc) is 2.81. The maximum absolute atomic E-state index is 5.93. The molecule has 0 bridgehead atoms. The first kappa shape index (κ1) is 11.9. The summed E-state index contributed by atoms with van der Waals surface area (Å²) in [6.07, 6.45) is 0.984.